The first-order valence-electron chi connectivity index (χ1n) is 5.90. The third-order valence-electron chi connectivity index (χ3n) is 2.25. The molecule has 1 N–H and O–H groups in total. The monoisotopic (exact) mass is 301 g/mol. The number of H-pyrrole nitrogens is 1. The van der Waals surface area contributed by atoms with Gasteiger partial charge >= 0.3 is 0 Å². The van der Waals surface area contributed by atoms with E-state index in [1.165, 1.54) is 6.33 Å². The number of halogens is 1. The van der Waals surface area contributed by atoms with E-state index in [2.05, 4.69) is 58.5 Å². The molecular weight excluding hydrogens is 282 g/mol. The normalized spacial score (nSPS) is 11.2. The molecule has 17 heavy (non-hydrogen) atoms. The predicted molar refractivity (Wildman–Crippen MR) is 74.4 cm³/mol. The molecule has 0 fully saturated rings. The Bertz CT molecular complexity index is 404. The Morgan fingerprint density at radius 3 is 2.29 bits per heavy atom. The van der Waals surface area contributed by atoms with Crippen molar-refractivity contribution in [2.75, 3.05) is 18.0 Å². The third kappa shape index (κ3) is 4.15. The first-order chi connectivity index (χ1) is 7.91. The second-order valence-corrected chi connectivity index (χ2v) is 5.85. The maximum Gasteiger partial charge on any atom is 0.267 e. The lowest BCUT2D eigenvalue weighted by Gasteiger charge is -2.27. The molecule has 1 heterocycles. The van der Waals surface area contributed by atoms with Crippen molar-refractivity contribution in [3.63, 3.8) is 0 Å². The van der Waals surface area contributed by atoms with Gasteiger partial charge in [-0.05, 0) is 27.8 Å². The number of nitrogens with one attached hydrogen (secondary N) is 1. The number of aromatic nitrogens is 2. The highest BCUT2D eigenvalue weighted by Gasteiger charge is 2.16. The van der Waals surface area contributed by atoms with Gasteiger partial charge in [-0.25, -0.2) is 4.98 Å². The SMILES string of the molecule is CC(C)CN(CC(C)C)c1nc[nH]c(=O)c1Br. The van der Waals surface area contributed by atoms with Gasteiger partial charge < -0.3 is 9.88 Å². The first-order valence-corrected chi connectivity index (χ1v) is 6.69. The van der Waals surface area contributed by atoms with E-state index in [-0.39, 0.29) is 5.56 Å². The van der Waals surface area contributed by atoms with Gasteiger partial charge in [-0.2, -0.15) is 0 Å². The molecule has 0 saturated heterocycles. The first kappa shape index (κ1) is 14.2. The summed E-state index contributed by atoms with van der Waals surface area (Å²) in [5, 5.41) is 0. The number of aromatic amines is 1. The number of anilines is 1. The Hall–Kier alpha value is -0.840. The van der Waals surface area contributed by atoms with Crippen LogP contribution in [0.2, 0.25) is 0 Å². The molecule has 0 aliphatic rings. The lowest BCUT2D eigenvalue weighted by Crippen LogP contribution is -2.33. The highest BCUT2D eigenvalue weighted by molar-refractivity contribution is 9.10. The van der Waals surface area contributed by atoms with E-state index in [1.807, 2.05) is 0 Å². The molecule has 0 bridgehead atoms. The zero-order valence-corrected chi connectivity index (χ0v) is 12.4. The zero-order valence-electron chi connectivity index (χ0n) is 10.8. The van der Waals surface area contributed by atoms with Gasteiger partial charge in [0.15, 0.2) is 0 Å². The standard InChI is InChI=1S/C12H20BrN3O/c1-8(2)5-16(6-9(3)4)11-10(13)12(17)15-7-14-11/h7-9H,5-6H2,1-4H3,(H,14,15,17). The van der Waals surface area contributed by atoms with Crippen LogP contribution in [-0.2, 0) is 0 Å². The molecule has 0 aliphatic heterocycles. The van der Waals surface area contributed by atoms with Crippen LogP contribution >= 0.6 is 15.9 Å². The van der Waals surface area contributed by atoms with E-state index in [1.54, 1.807) is 0 Å². The van der Waals surface area contributed by atoms with Crippen LogP contribution in [0.15, 0.2) is 15.6 Å². The van der Waals surface area contributed by atoms with Crippen LogP contribution in [0.4, 0.5) is 5.82 Å². The molecule has 1 aromatic heterocycles. The highest BCUT2D eigenvalue weighted by atomic mass is 79.9. The number of hydrogen-bond acceptors (Lipinski definition) is 3. The molecule has 0 atom stereocenters. The van der Waals surface area contributed by atoms with E-state index in [9.17, 15) is 4.79 Å². The molecule has 96 valence electrons. The quantitative estimate of drug-likeness (QED) is 0.909. The van der Waals surface area contributed by atoms with Crippen LogP contribution < -0.4 is 10.5 Å². The number of nitrogens with zero attached hydrogens (tertiary/aromatic N) is 2. The molecule has 0 amide bonds. The van der Waals surface area contributed by atoms with Gasteiger partial charge in [0, 0.05) is 13.1 Å². The maximum atomic E-state index is 11.5. The smallest absolute Gasteiger partial charge is 0.267 e. The summed E-state index contributed by atoms with van der Waals surface area (Å²) in [7, 11) is 0. The van der Waals surface area contributed by atoms with Crippen LogP contribution in [0.5, 0.6) is 0 Å². The predicted octanol–water partition coefficient (Wildman–Crippen LogP) is 2.65. The van der Waals surface area contributed by atoms with E-state index < -0.39 is 0 Å². The van der Waals surface area contributed by atoms with Crippen molar-refractivity contribution in [2.24, 2.45) is 11.8 Å². The summed E-state index contributed by atoms with van der Waals surface area (Å²) in [6.07, 6.45) is 1.45. The van der Waals surface area contributed by atoms with Crippen molar-refractivity contribution < 1.29 is 0 Å². The van der Waals surface area contributed by atoms with Crippen molar-refractivity contribution in [2.45, 2.75) is 27.7 Å². The molecule has 0 aromatic carbocycles. The van der Waals surface area contributed by atoms with Crippen LogP contribution in [-0.4, -0.2) is 23.1 Å². The topological polar surface area (TPSA) is 49.0 Å². The van der Waals surface area contributed by atoms with Gasteiger partial charge in [0.25, 0.3) is 5.56 Å². The summed E-state index contributed by atoms with van der Waals surface area (Å²) in [6.45, 7) is 10.4. The molecule has 0 radical (unpaired) electrons. The number of rotatable bonds is 5. The Labute approximate surface area is 111 Å². The molecule has 0 spiro atoms. The van der Waals surface area contributed by atoms with Gasteiger partial charge in [-0.1, -0.05) is 27.7 Å². The Morgan fingerprint density at radius 1 is 1.29 bits per heavy atom. The van der Waals surface area contributed by atoms with Crippen LogP contribution in [0.25, 0.3) is 0 Å². The van der Waals surface area contributed by atoms with Crippen LogP contribution in [0.3, 0.4) is 0 Å². The zero-order chi connectivity index (χ0) is 13.0. The minimum atomic E-state index is -0.132. The molecule has 1 aromatic rings. The van der Waals surface area contributed by atoms with E-state index in [4.69, 9.17) is 0 Å². The van der Waals surface area contributed by atoms with Crippen molar-refractivity contribution >= 4 is 21.7 Å². The fourth-order valence-corrected chi connectivity index (χ4v) is 2.19. The van der Waals surface area contributed by atoms with Crippen molar-refractivity contribution in [3.05, 3.63) is 21.2 Å². The average molecular weight is 302 g/mol. The van der Waals surface area contributed by atoms with Gasteiger partial charge in [0.1, 0.15) is 10.3 Å². The summed E-state index contributed by atoms with van der Waals surface area (Å²) in [4.78, 5) is 20.5. The molecule has 0 saturated carbocycles. The number of hydrogen-bond donors (Lipinski definition) is 1. The van der Waals surface area contributed by atoms with Gasteiger partial charge in [0.05, 0.1) is 6.33 Å². The summed E-state index contributed by atoms with van der Waals surface area (Å²) < 4.78 is 0.515. The Kier molecular flexibility index (Phi) is 5.18. The lowest BCUT2D eigenvalue weighted by atomic mass is 10.1. The summed E-state index contributed by atoms with van der Waals surface area (Å²) in [5.74, 6) is 1.79. The summed E-state index contributed by atoms with van der Waals surface area (Å²) in [5.41, 5.74) is -0.132. The largest absolute Gasteiger partial charge is 0.355 e. The molecule has 5 heteroatoms. The summed E-state index contributed by atoms with van der Waals surface area (Å²) in [6, 6.07) is 0. The highest BCUT2D eigenvalue weighted by Crippen LogP contribution is 2.21. The minimum Gasteiger partial charge on any atom is -0.355 e. The molecule has 1 rings (SSSR count). The average Bonchev–Trinajstić information content (AvgIpc) is 2.19. The molecule has 0 aliphatic carbocycles. The van der Waals surface area contributed by atoms with Crippen molar-refractivity contribution in [1.29, 1.82) is 0 Å². The van der Waals surface area contributed by atoms with Crippen LogP contribution in [0.1, 0.15) is 27.7 Å². The maximum absolute atomic E-state index is 11.5. The van der Waals surface area contributed by atoms with Crippen LogP contribution in [0, 0.1) is 11.8 Å². The second kappa shape index (κ2) is 6.19. The Balaban J connectivity index is 3.03. The van der Waals surface area contributed by atoms with Gasteiger partial charge in [0.2, 0.25) is 0 Å². The van der Waals surface area contributed by atoms with E-state index >= 15 is 0 Å². The van der Waals surface area contributed by atoms with Crippen molar-refractivity contribution in [1.82, 2.24) is 9.97 Å². The Morgan fingerprint density at radius 2 is 1.82 bits per heavy atom. The van der Waals surface area contributed by atoms with E-state index in [0.717, 1.165) is 18.9 Å². The van der Waals surface area contributed by atoms with Crippen molar-refractivity contribution in [3.8, 4) is 0 Å². The van der Waals surface area contributed by atoms with E-state index in [0.29, 0.717) is 16.3 Å². The lowest BCUT2D eigenvalue weighted by molar-refractivity contribution is 0.547. The minimum absolute atomic E-state index is 0.132. The molecular formula is C12H20BrN3O. The fourth-order valence-electron chi connectivity index (χ4n) is 1.72. The third-order valence-corrected chi connectivity index (χ3v) is 2.96. The fraction of sp³-hybridized carbons (Fsp3) is 0.667. The van der Waals surface area contributed by atoms with Gasteiger partial charge in [-0.3, -0.25) is 4.79 Å². The van der Waals surface area contributed by atoms with Gasteiger partial charge in [-0.15, -0.1) is 0 Å². The molecule has 0 unspecified atom stereocenters. The second-order valence-electron chi connectivity index (χ2n) is 5.06. The molecule has 4 nitrogen and oxygen atoms in total. The summed E-state index contributed by atoms with van der Waals surface area (Å²) >= 11 is 3.31.